The second-order valence-corrected chi connectivity index (χ2v) is 7.43. The van der Waals surface area contributed by atoms with Crippen LogP contribution < -0.4 is 11.1 Å². The molecule has 1 aliphatic heterocycles. The van der Waals surface area contributed by atoms with Gasteiger partial charge in [-0.05, 0) is 30.4 Å². The number of rotatable bonds is 4. The average Bonchev–Trinajstić information content (AvgIpc) is 2.72. The minimum Gasteiger partial charge on any atom is -0.366 e. The maximum absolute atomic E-state index is 12.9. The normalized spacial score (nSPS) is 19.0. The predicted molar refractivity (Wildman–Crippen MR) is 106 cm³/mol. The maximum Gasteiger partial charge on any atom is 0.389 e. The number of carbonyl (C=O) groups is 3. The van der Waals surface area contributed by atoms with Crippen LogP contribution in [0.25, 0.3) is 0 Å². The van der Waals surface area contributed by atoms with Gasteiger partial charge in [-0.2, -0.15) is 13.2 Å². The molecule has 1 aliphatic rings. The Balaban J connectivity index is 1.81. The number of piperidine rings is 1. The van der Waals surface area contributed by atoms with E-state index in [1.807, 2.05) is 0 Å². The summed E-state index contributed by atoms with van der Waals surface area (Å²) in [6, 6.07) is 9.61. The van der Waals surface area contributed by atoms with Crippen LogP contribution >= 0.6 is 0 Å². The van der Waals surface area contributed by atoms with Crippen molar-refractivity contribution in [2.75, 3.05) is 11.9 Å². The second kappa shape index (κ2) is 9.15. The third-order valence-electron chi connectivity index (χ3n) is 5.12. The number of halogens is 3. The van der Waals surface area contributed by atoms with Gasteiger partial charge in [-0.1, -0.05) is 30.3 Å². The van der Waals surface area contributed by atoms with Crippen LogP contribution in [0.4, 0.5) is 18.9 Å². The lowest BCUT2D eigenvalue weighted by molar-refractivity contribution is -0.157. The number of nitrogens with one attached hydrogen (secondary N) is 1. The number of pyridine rings is 1. The number of carbonyl (C=O) groups excluding carboxylic acids is 3. The fraction of sp³-hybridized carbons (Fsp3) is 0.333. The van der Waals surface area contributed by atoms with Crippen molar-refractivity contribution in [1.29, 1.82) is 0 Å². The number of hydrogen-bond donors (Lipinski definition) is 2. The van der Waals surface area contributed by atoms with Gasteiger partial charge in [0.25, 0.3) is 0 Å². The van der Waals surface area contributed by atoms with E-state index in [9.17, 15) is 27.6 Å². The standard InChI is InChI=1S/C21H21F3N4O3/c22-21(23,24)9-13-6-7-17(14-4-2-1-3-5-14)28(12-13)20(31)19(30)27-16-8-15(18(25)29)10-26-11-16/h1-5,8,10-11,13,17H,6-7,9,12H2,(H2,25,29)(H,27,30)/t13-,17-/m1/s1. The van der Waals surface area contributed by atoms with E-state index in [0.29, 0.717) is 6.42 Å². The van der Waals surface area contributed by atoms with Crippen molar-refractivity contribution in [1.82, 2.24) is 9.88 Å². The molecule has 2 aromatic rings. The third-order valence-corrected chi connectivity index (χ3v) is 5.12. The maximum atomic E-state index is 12.9. The van der Waals surface area contributed by atoms with Crippen molar-refractivity contribution < 1.29 is 27.6 Å². The molecule has 3 rings (SSSR count). The van der Waals surface area contributed by atoms with E-state index in [4.69, 9.17) is 5.73 Å². The number of likely N-dealkylation sites (tertiary alicyclic amines) is 1. The minimum atomic E-state index is -4.36. The molecule has 0 saturated carbocycles. The van der Waals surface area contributed by atoms with E-state index in [1.54, 1.807) is 30.3 Å². The molecule has 1 saturated heterocycles. The van der Waals surface area contributed by atoms with Crippen molar-refractivity contribution in [2.24, 2.45) is 11.7 Å². The lowest BCUT2D eigenvalue weighted by atomic mass is 9.87. The smallest absolute Gasteiger partial charge is 0.366 e. The first-order chi connectivity index (χ1) is 14.6. The van der Waals surface area contributed by atoms with E-state index in [0.717, 1.165) is 5.56 Å². The summed E-state index contributed by atoms with van der Waals surface area (Å²) in [5.74, 6) is -3.54. The second-order valence-electron chi connectivity index (χ2n) is 7.43. The molecule has 0 spiro atoms. The molecule has 0 aliphatic carbocycles. The monoisotopic (exact) mass is 434 g/mol. The summed E-state index contributed by atoms with van der Waals surface area (Å²) >= 11 is 0. The van der Waals surface area contributed by atoms with E-state index in [-0.39, 0.29) is 24.2 Å². The highest BCUT2D eigenvalue weighted by molar-refractivity contribution is 6.39. The summed E-state index contributed by atoms with van der Waals surface area (Å²) in [6.07, 6.45) is -2.35. The van der Waals surface area contributed by atoms with E-state index in [2.05, 4.69) is 10.3 Å². The topological polar surface area (TPSA) is 105 Å². The SMILES string of the molecule is NC(=O)c1cncc(NC(=O)C(=O)N2C[C@@H](CC(F)(F)F)CC[C@@H]2c2ccccc2)c1. The van der Waals surface area contributed by atoms with Crippen LogP contribution in [0.5, 0.6) is 0 Å². The number of nitrogens with two attached hydrogens (primary N) is 1. The summed E-state index contributed by atoms with van der Waals surface area (Å²) in [5, 5.41) is 2.35. The van der Waals surface area contributed by atoms with Gasteiger partial charge in [0.1, 0.15) is 0 Å². The van der Waals surface area contributed by atoms with Crippen molar-refractivity contribution in [2.45, 2.75) is 31.5 Å². The summed E-state index contributed by atoms with van der Waals surface area (Å²) in [5.41, 5.74) is 6.04. The number of nitrogens with zero attached hydrogens (tertiary/aromatic N) is 2. The fourth-order valence-electron chi connectivity index (χ4n) is 3.74. The van der Waals surface area contributed by atoms with Crippen molar-refractivity contribution >= 4 is 23.4 Å². The third kappa shape index (κ3) is 5.80. The van der Waals surface area contributed by atoms with Crippen LogP contribution in [-0.2, 0) is 9.59 Å². The summed E-state index contributed by atoms with van der Waals surface area (Å²) in [6.45, 7) is -0.190. The number of amides is 3. The van der Waals surface area contributed by atoms with E-state index < -0.39 is 42.3 Å². The van der Waals surface area contributed by atoms with Gasteiger partial charge in [-0.15, -0.1) is 0 Å². The van der Waals surface area contributed by atoms with Crippen LogP contribution in [0.2, 0.25) is 0 Å². The Morgan fingerprint density at radius 2 is 1.84 bits per heavy atom. The zero-order valence-corrected chi connectivity index (χ0v) is 16.4. The lowest BCUT2D eigenvalue weighted by Crippen LogP contribution is -2.47. The highest BCUT2D eigenvalue weighted by Crippen LogP contribution is 2.38. The average molecular weight is 434 g/mol. The van der Waals surface area contributed by atoms with Crippen LogP contribution in [0.15, 0.2) is 48.8 Å². The number of primary amides is 1. The fourth-order valence-corrected chi connectivity index (χ4v) is 3.74. The van der Waals surface area contributed by atoms with Crippen molar-refractivity contribution in [3.63, 3.8) is 0 Å². The Bertz CT molecular complexity index is 966. The number of aromatic nitrogens is 1. The van der Waals surface area contributed by atoms with Crippen molar-refractivity contribution in [3.05, 3.63) is 59.9 Å². The summed E-state index contributed by atoms with van der Waals surface area (Å²) in [7, 11) is 0. The molecule has 1 aromatic heterocycles. The molecular formula is C21H21F3N4O3. The molecule has 0 unspecified atom stereocenters. The molecule has 31 heavy (non-hydrogen) atoms. The molecule has 10 heteroatoms. The summed E-state index contributed by atoms with van der Waals surface area (Å²) in [4.78, 5) is 41.8. The van der Waals surface area contributed by atoms with Gasteiger partial charge in [0.15, 0.2) is 0 Å². The highest BCUT2D eigenvalue weighted by Gasteiger charge is 2.40. The quantitative estimate of drug-likeness (QED) is 0.722. The molecule has 1 fully saturated rings. The number of benzene rings is 1. The van der Waals surface area contributed by atoms with Crippen LogP contribution in [0, 0.1) is 5.92 Å². The van der Waals surface area contributed by atoms with Crippen LogP contribution in [-0.4, -0.2) is 40.3 Å². The minimum absolute atomic E-state index is 0.0376. The number of anilines is 1. The van der Waals surface area contributed by atoms with Gasteiger partial charge in [-0.3, -0.25) is 19.4 Å². The largest absolute Gasteiger partial charge is 0.389 e. The molecule has 0 bridgehead atoms. The van der Waals surface area contributed by atoms with Gasteiger partial charge in [0.2, 0.25) is 5.91 Å². The molecule has 164 valence electrons. The Hall–Kier alpha value is -3.43. The molecule has 3 amide bonds. The first-order valence-corrected chi connectivity index (χ1v) is 9.62. The van der Waals surface area contributed by atoms with Crippen LogP contribution in [0.3, 0.4) is 0 Å². The molecule has 1 aromatic carbocycles. The molecule has 2 atom stereocenters. The Kier molecular flexibility index (Phi) is 6.57. The molecular weight excluding hydrogens is 413 g/mol. The molecule has 0 radical (unpaired) electrons. The van der Waals surface area contributed by atoms with Crippen LogP contribution in [0.1, 0.15) is 41.2 Å². The van der Waals surface area contributed by atoms with Gasteiger partial charge in [0, 0.05) is 19.2 Å². The first-order valence-electron chi connectivity index (χ1n) is 9.62. The van der Waals surface area contributed by atoms with Gasteiger partial charge >= 0.3 is 18.0 Å². The van der Waals surface area contributed by atoms with Gasteiger partial charge in [-0.25, -0.2) is 0 Å². The van der Waals surface area contributed by atoms with Crippen molar-refractivity contribution in [3.8, 4) is 0 Å². The van der Waals surface area contributed by atoms with E-state index >= 15 is 0 Å². The van der Waals surface area contributed by atoms with Gasteiger partial charge in [0.05, 0.1) is 23.5 Å². The summed E-state index contributed by atoms with van der Waals surface area (Å²) < 4.78 is 38.7. The Labute approximate surface area is 176 Å². The Morgan fingerprint density at radius 3 is 2.48 bits per heavy atom. The molecule has 2 heterocycles. The van der Waals surface area contributed by atoms with E-state index in [1.165, 1.54) is 23.4 Å². The number of alkyl halides is 3. The van der Waals surface area contributed by atoms with Gasteiger partial charge < -0.3 is 16.0 Å². The highest BCUT2D eigenvalue weighted by atomic mass is 19.4. The zero-order chi connectivity index (χ0) is 22.6. The predicted octanol–water partition coefficient (Wildman–Crippen LogP) is 3.05. The molecule has 7 nitrogen and oxygen atoms in total. The molecule has 3 N–H and O–H groups in total. The number of hydrogen-bond acceptors (Lipinski definition) is 4. The lowest BCUT2D eigenvalue weighted by Gasteiger charge is -2.39. The zero-order valence-electron chi connectivity index (χ0n) is 16.4. The Morgan fingerprint density at radius 1 is 1.13 bits per heavy atom. The first kappa shape index (κ1) is 22.3.